The molecular formula is C20H24N6O. The highest BCUT2D eigenvalue weighted by atomic mass is 16.5. The fraction of sp³-hybridized carbons (Fsp3) is 0.450. The van der Waals surface area contributed by atoms with Crippen molar-refractivity contribution in [3.8, 4) is 0 Å². The summed E-state index contributed by atoms with van der Waals surface area (Å²) in [6.07, 6.45) is 7.94. The maximum absolute atomic E-state index is 5.83. The van der Waals surface area contributed by atoms with E-state index >= 15 is 0 Å². The van der Waals surface area contributed by atoms with Gasteiger partial charge in [-0.25, -0.2) is 9.97 Å². The largest absolute Gasteiger partial charge is 0.379 e. The molecule has 5 rings (SSSR count). The molecule has 4 atom stereocenters. The molecule has 0 bridgehead atoms. The van der Waals surface area contributed by atoms with Crippen LogP contribution in [0.25, 0.3) is 11.0 Å². The zero-order valence-corrected chi connectivity index (χ0v) is 15.4. The third-order valence-electron chi connectivity index (χ3n) is 5.99. The molecule has 0 spiro atoms. The van der Waals surface area contributed by atoms with Crippen molar-refractivity contribution < 1.29 is 4.74 Å². The lowest BCUT2D eigenvalue weighted by Gasteiger charge is -2.37. The van der Waals surface area contributed by atoms with Crippen LogP contribution in [0.3, 0.4) is 0 Å². The fourth-order valence-electron chi connectivity index (χ4n) is 4.61. The smallest absolute Gasteiger partial charge is 0.227 e. The van der Waals surface area contributed by atoms with E-state index in [1.165, 1.54) is 0 Å². The first-order valence-electron chi connectivity index (χ1n) is 9.55. The maximum Gasteiger partial charge on any atom is 0.227 e. The number of rotatable bonds is 4. The number of hydrogen-bond donors (Lipinski definition) is 2. The molecule has 0 radical (unpaired) electrons. The second kappa shape index (κ2) is 6.81. The van der Waals surface area contributed by atoms with Gasteiger partial charge >= 0.3 is 0 Å². The highest BCUT2D eigenvalue weighted by Gasteiger charge is 2.43. The molecule has 3 aromatic rings. The SMILES string of the molecule is CO[C@@H]1C[C@H]2CN(c3ncc4cc[nH]c4n3)C[C@H]2C[C@H]1Nc1ccccn1. The summed E-state index contributed by atoms with van der Waals surface area (Å²) in [4.78, 5) is 19.2. The summed E-state index contributed by atoms with van der Waals surface area (Å²) < 4.78 is 5.83. The highest BCUT2D eigenvalue weighted by Crippen LogP contribution is 2.39. The monoisotopic (exact) mass is 364 g/mol. The second-order valence-corrected chi connectivity index (χ2v) is 7.59. The van der Waals surface area contributed by atoms with Gasteiger partial charge < -0.3 is 19.9 Å². The Kier molecular flexibility index (Phi) is 4.16. The third kappa shape index (κ3) is 3.12. The third-order valence-corrected chi connectivity index (χ3v) is 5.99. The molecule has 0 amide bonds. The van der Waals surface area contributed by atoms with Gasteiger partial charge in [0.1, 0.15) is 11.5 Å². The molecule has 2 N–H and O–H groups in total. The Bertz CT molecular complexity index is 913. The Morgan fingerprint density at radius 3 is 2.85 bits per heavy atom. The van der Waals surface area contributed by atoms with E-state index in [1.54, 1.807) is 0 Å². The quantitative estimate of drug-likeness (QED) is 0.741. The number of pyridine rings is 1. The van der Waals surface area contributed by atoms with Crippen molar-refractivity contribution in [3.05, 3.63) is 42.9 Å². The summed E-state index contributed by atoms with van der Waals surface area (Å²) in [5, 5.41) is 4.63. The van der Waals surface area contributed by atoms with Gasteiger partial charge in [-0.2, -0.15) is 4.98 Å². The van der Waals surface area contributed by atoms with Crippen LogP contribution in [0.15, 0.2) is 42.9 Å². The molecule has 3 aromatic heterocycles. The first-order valence-corrected chi connectivity index (χ1v) is 9.55. The van der Waals surface area contributed by atoms with Gasteiger partial charge in [-0.15, -0.1) is 0 Å². The molecular weight excluding hydrogens is 340 g/mol. The lowest BCUT2D eigenvalue weighted by Crippen LogP contribution is -2.44. The first kappa shape index (κ1) is 16.5. The van der Waals surface area contributed by atoms with Crippen molar-refractivity contribution in [2.75, 3.05) is 30.4 Å². The van der Waals surface area contributed by atoms with Gasteiger partial charge in [0.05, 0.1) is 12.1 Å². The standard InChI is InChI=1S/C20H24N6O/c1-27-17-9-15-12-26(20-23-10-13-5-7-22-19(13)25-20)11-14(15)8-16(17)24-18-4-2-3-6-21-18/h2-7,10,14-17H,8-9,11-12H2,1H3,(H,21,24)(H,22,23,25)/t14-,15+,16-,17-/m1/s1. The Hall–Kier alpha value is -2.67. The van der Waals surface area contributed by atoms with Gasteiger partial charge in [-0.05, 0) is 42.9 Å². The number of anilines is 2. The van der Waals surface area contributed by atoms with Crippen molar-refractivity contribution in [3.63, 3.8) is 0 Å². The Labute approximate surface area is 158 Å². The van der Waals surface area contributed by atoms with Crippen LogP contribution in [0.5, 0.6) is 0 Å². The van der Waals surface area contributed by atoms with Crippen molar-refractivity contribution in [1.82, 2.24) is 19.9 Å². The average molecular weight is 364 g/mol. The molecule has 1 saturated carbocycles. The number of hydrogen-bond acceptors (Lipinski definition) is 6. The molecule has 0 aromatic carbocycles. The first-order chi connectivity index (χ1) is 13.3. The number of nitrogens with one attached hydrogen (secondary N) is 2. The minimum absolute atomic E-state index is 0.194. The van der Waals surface area contributed by atoms with Crippen LogP contribution < -0.4 is 10.2 Å². The number of aromatic amines is 1. The summed E-state index contributed by atoms with van der Waals surface area (Å²) in [5.41, 5.74) is 0.902. The second-order valence-electron chi connectivity index (χ2n) is 7.59. The van der Waals surface area contributed by atoms with Crippen LogP contribution in [0.2, 0.25) is 0 Å². The van der Waals surface area contributed by atoms with E-state index < -0.39 is 0 Å². The van der Waals surface area contributed by atoms with Crippen molar-refractivity contribution >= 4 is 22.8 Å². The molecule has 2 fully saturated rings. The fourth-order valence-corrected chi connectivity index (χ4v) is 4.61. The Morgan fingerprint density at radius 1 is 1.15 bits per heavy atom. The predicted molar refractivity (Wildman–Crippen MR) is 105 cm³/mol. The minimum Gasteiger partial charge on any atom is -0.379 e. The van der Waals surface area contributed by atoms with Crippen LogP contribution in [-0.2, 0) is 4.74 Å². The van der Waals surface area contributed by atoms with Gasteiger partial charge in [0, 0.05) is 44.2 Å². The molecule has 1 saturated heterocycles. The van der Waals surface area contributed by atoms with E-state index in [0.717, 1.165) is 48.7 Å². The predicted octanol–water partition coefficient (Wildman–Crippen LogP) is 2.69. The lowest BCUT2D eigenvalue weighted by atomic mass is 9.77. The zero-order chi connectivity index (χ0) is 18.2. The average Bonchev–Trinajstić information content (AvgIpc) is 3.33. The van der Waals surface area contributed by atoms with Crippen molar-refractivity contribution in [2.45, 2.75) is 25.0 Å². The molecule has 2 aliphatic rings. The summed E-state index contributed by atoms with van der Waals surface area (Å²) in [6.45, 7) is 1.99. The van der Waals surface area contributed by atoms with E-state index in [4.69, 9.17) is 9.72 Å². The molecule has 27 heavy (non-hydrogen) atoms. The molecule has 0 unspecified atom stereocenters. The van der Waals surface area contributed by atoms with E-state index in [9.17, 15) is 0 Å². The number of nitrogens with zero attached hydrogens (tertiary/aromatic N) is 4. The van der Waals surface area contributed by atoms with Crippen LogP contribution in [0.4, 0.5) is 11.8 Å². The number of ether oxygens (including phenoxy) is 1. The highest BCUT2D eigenvalue weighted by molar-refractivity contribution is 5.75. The van der Waals surface area contributed by atoms with Crippen LogP contribution in [-0.4, -0.2) is 52.3 Å². The molecule has 1 aliphatic heterocycles. The number of fused-ring (bicyclic) bond motifs is 2. The Morgan fingerprint density at radius 2 is 2.04 bits per heavy atom. The van der Waals surface area contributed by atoms with E-state index in [1.807, 2.05) is 50.0 Å². The van der Waals surface area contributed by atoms with Crippen LogP contribution in [0.1, 0.15) is 12.8 Å². The maximum atomic E-state index is 5.83. The van der Waals surface area contributed by atoms with Crippen LogP contribution in [0, 0.1) is 11.8 Å². The molecule has 140 valence electrons. The minimum atomic E-state index is 0.194. The van der Waals surface area contributed by atoms with Crippen molar-refractivity contribution in [1.29, 1.82) is 0 Å². The summed E-state index contributed by atoms with van der Waals surface area (Å²) in [6, 6.07) is 8.23. The van der Waals surface area contributed by atoms with Gasteiger partial charge in [0.25, 0.3) is 0 Å². The molecule has 1 aliphatic carbocycles. The lowest BCUT2D eigenvalue weighted by molar-refractivity contribution is 0.0305. The summed E-state index contributed by atoms with van der Waals surface area (Å²) >= 11 is 0. The normalized spacial score (nSPS) is 27.7. The van der Waals surface area contributed by atoms with E-state index in [0.29, 0.717) is 11.8 Å². The molecule has 7 heteroatoms. The van der Waals surface area contributed by atoms with Gasteiger partial charge in [-0.3, -0.25) is 0 Å². The molecule has 7 nitrogen and oxygen atoms in total. The number of methoxy groups -OCH3 is 1. The summed E-state index contributed by atoms with van der Waals surface area (Å²) in [7, 11) is 1.81. The van der Waals surface area contributed by atoms with Crippen molar-refractivity contribution in [2.24, 2.45) is 11.8 Å². The van der Waals surface area contributed by atoms with E-state index in [-0.39, 0.29) is 12.1 Å². The van der Waals surface area contributed by atoms with E-state index in [2.05, 4.69) is 25.2 Å². The zero-order valence-electron chi connectivity index (χ0n) is 15.4. The van der Waals surface area contributed by atoms with Gasteiger partial charge in [0.2, 0.25) is 5.95 Å². The Balaban J connectivity index is 1.32. The van der Waals surface area contributed by atoms with Gasteiger partial charge in [0.15, 0.2) is 0 Å². The topological polar surface area (TPSA) is 79.0 Å². The molecule has 4 heterocycles. The van der Waals surface area contributed by atoms with Gasteiger partial charge in [-0.1, -0.05) is 6.07 Å². The van der Waals surface area contributed by atoms with Crippen LogP contribution >= 0.6 is 0 Å². The number of H-pyrrole nitrogens is 1. The summed E-state index contributed by atoms with van der Waals surface area (Å²) in [5.74, 6) is 2.96. The number of aromatic nitrogens is 4.